The van der Waals surface area contributed by atoms with Crippen LogP contribution < -0.4 is 4.74 Å². The molecule has 0 aliphatic heterocycles. The molecule has 234 valence electrons. The first-order chi connectivity index (χ1) is 20.9. The van der Waals surface area contributed by atoms with Gasteiger partial charge >= 0.3 is 6.18 Å². The number of halogens is 5. The first-order valence-corrected chi connectivity index (χ1v) is 16.6. The van der Waals surface area contributed by atoms with E-state index in [1.54, 1.807) is 12.1 Å². The van der Waals surface area contributed by atoms with Gasteiger partial charge in [0.25, 0.3) is 0 Å². The first-order valence-electron chi connectivity index (χ1n) is 15.1. The topological polar surface area (TPSA) is 60.4 Å². The monoisotopic (exact) mass is 632 g/mol. The number of carbonyl (C=O) groups excluding carboxylic acids is 1. The number of fused-ring (bicyclic) bond motifs is 3. The van der Waals surface area contributed by atoms with Crippen LogP contribution in [0.2, 0.25) is 0 Å². The van der Waals surface area contributed by atoms with E-state index in [0.29, 0.717) is 30.4 Å². The van der Waals surface area contributed by atoms with Crippen LogP contribution in [-0.2, 0) is 38.6 Å². The molecular formula is C34H33F5O4S. The number of Topliss-reactive ketones (excluding diaryl/α,β-unsaturated/α-hetero) is 1. The highest BCUT2D eigenvalue weighted by molar-refractivity contribution is 7.92. The lowest BCUT2D eigenvalue weighted by Crippen LogP contribution is -2.46. The van der Waals surface area contributed by atoms with E-state index in [9.17, 15) is 35.2 Å². The van der Waals surface area contributed by atoms with Gasteiger partial charge in [0.05, 0.1) is 10.5 Å². The highest BCUT2D eigenvalue weighted by Gasteiger charge is 2.61. The second kappa shape index (κ2) is 11.6. The fourth-order valence-electron chi connectivity index (χ4n) is 7.90. The number of hydrogen-bond acceptors (Lipinski definition) is 4. The fourth-order valence-corrected chi connectivity index (χ4v) is 10.4. The normalized spacial score (nSPS) is 24.0. The molecule has 1 unspecified atom stereocenters. The van der Waals surface area contributed by atoms with Gasteiger partial charge in [-0.2, -0.15) is 13.2 Å². The van der Waals surface area contributed by atoms with Crippen LogP contribution in [0.3, 0.4) is 0 Å². The van der Waals surface area contributed by atoms with Crippen molar-refractivity contribution in [3.8, 4) is 5.75 Å². The predicted octanol–water partition coefficient (Wildman–Crippen LogP) is 8.35. The molecule has 0 radical (unpaired) electrons. The highest BCUT2D eigenvalue weighted by Crippen LogP contribution is 2.60. The SMILES string of the molecule is O=C(C1CCCCC1)C1CC[C@@]2(S(=O)(=O)c3ccc(F)cc3)c3ccc(OCc4c(F)cccc4C(F)(F)F)cc3CC[C@@H]12. The fraction of sp³-hybridized carbons (Fsp3) is 0.441. The zero-order valence-corrected chi connectivity index (χ0v) is 24.8. The summed E-state index contributed by atoms with van der Waals surface area (Å²) in [5.41, 5.74) is -0.554. The predicted molar refractivity (Wildman–Crippen MR) is 154 cm³/mol. The minimum atomic E-state index is -4.76. The maximum atomic E-state index is 14.6. The summed E-state index contributed by atoms with van der Waals surface area (Å²) in [6, 6.07) is 12.2. The molecule has 0 aromatic heterocycles. The summed E-state index contributed by atoms with van der Waals surface area (Å²) in [7, 11) is -4.12. The first kappa shape index (κ1) is 30.7. The molecule has 6 rings (SSSR count). The molecule has 4 nitrogen and oxygen atoms in total. The zero-order valence-electron chi connectivity index (χ0n) is 24.0. The van der Waals surface area contributed by atoms with Gasteiger partial charge in [-0.3, -0.25) is 4.79 Å². The Morgan fingerprint density at radius 3 is 2.34 bits per heavy atom. The van der Waals surface area contributed by atoms with Gasteiger partial charge < -0.3 is 4.74 Å². The van der Waals surface area contributed by atoms with Crippen molar-refractivity contribution in [3.63, 3.8) is 0 Å². The molecule has 2 saturated carbocycles. The van der Waals surface area contributed by atoms with Crippen LogP contribution in [-0.4, -0.2) is 14.2 Å². The van der Waals surface area contributed by atoms with Gasteiger partial charge in [0.1, 0.15) is 34.5 Å². The lowest BCUT2D eigenvalue weighted by Gasteiger charge is -2.42. The molecule has 0 saturated heterocycles. The minimum absolute atomic E-state index is 0.0259. The molecule has 3 aliphatic carbocycles. The molecule has 0 spiro atoms. The number of alkyl halides is 3. The van der Waals surface area contributed by atoms with Crippen molar-refractivity contribution in [2.45, 2.75) is 80.2 Å². The Labute approximate surface area is 253 Å². The molecule has 3 aliphatic rings. The quantitative estimate of drug-likeness (QED) is 0.194. The van der Waals surface area contributed by atoms with E-state index in [1.807, 2.05) is 0 Å². The van der Waals surface area contributed by atoms with Crippen molar-refractivity contribution in [2.24, 2.45) is 17.8 Å². The third kappa shape index (κ3) is 5.22. The van der Waals surface area contributed by atoms with Crippen LogP contribution in [0, 0.1) is 29.4 Å². The second-order valence-electron chi connectivity index (χ2n) is 12.2. The van der Waals surface area contributed by atoms with Gasteiger partial charge in [-0.05, 0) is 104 Å². The molecule has 0 heterocycles. The van der Waals surface area contributed by atoms with Crippen LogP contribution in [0.25, 0.3) is 0 Å². The second-order valence-corrected chi connectivity index (χ2v) is 14.5. The molecule has 3 aromatic carbocycles. The van der Waals surface area contributed by atoms with Crippen LogP contribution in [0.5, 0.6) is 5.75 Å². The summed E-state index contributed by atoms with van der Waals surface area (Å²) < 4.78 is 102. The van der Waals surface area contributed by atoms with Gasteiger partial charge in [0, 0.05) is 17.4 Å². The van der Waals surface area contributed by atoms with E-state index >= 15 is 0 Å². The number of benzene rings is 3. The van der Waals surface area contributed by atoms with Crippen molar-refractivity contribution in [2.75, 3.05) is 0 Å². The van der Waals surface area contributed by atoms with Crippen molar-refractivity contribution in [1.29, 1.82) is 0 Å². The van der Waals surface area contributed by atoms with Gasteiger partial charge in [0.15, 0.2) is 9.84 Å². The van der Waals surface area contributed by atoms with E-state index in [4.69, 9.17) is 4.74 Å². The van der Waals surface area contributed by atoms with Gasteiger partial charge in [0.2, 0.25) is 0 Å². The van der Waals surface area contributed by atoms with E-state index in [-0.39, 0.29) is 28.8 Å². The Balaban J connectivity index is 1.38. The smallest absolute Gasteiger partial charge is 0.416 e. The molecule has 2 fully saturated rings. The Hall–Kier alpha value is -3.27. The van der Waals surface area contributed by atoms with E-state index in [0.717, 1.165) is 62.4 Å². The third-order valence-electron chi connectivity index (χ3n) is 9.95. The Morgan fingerprint density at radius 1 is 0.909 bits per heavy atom. The Bertz CT molecular complexity index is 1660. The Morgan fingerprint density at radius 2 is 1.64 bits per heavy atom. The lowest BCUT2D eigenvalue weighted by molar-refractivity contribution is -0.138. The number of ether oxygens (including phenoxy) is 1. The standard InChI is InChI=1S/C34H33F5O4S/c35-23-10-13-25(14-11-23)44(41,42)33-18-17-26(32(40)21-5-2-1-3-6-21)29(33)15-9-22-19-24(12-16-28(22)33)43-20-27-30(34(37,38)39)7-4-8-31(27)36/h4,7-8,10-14,16,19,21,26,29H,1-3,5-6,9,15,17-18,20H2/t26?,29-,33+/m0/s1. The average Bonchev–Trinajstić information content (AvgIpc) is 3.42. The average molecular weight is 633 g/mol. The molecule has 44 heavy (non-hydrogen) atoms. The van der Waals surface area contributed by atoms with Crippen molar-refractivity contribution in [3.05, 3.63) is 94.6 Å². The van der Waals surface area contributed by atoms with Gasteiger partial charge in [-0.25, -0.2) is 17.2 Å². The van der Waals surface area contributed by atoms with Crippen molar-refractivity contribution >= 4 is 15.6 Å². The number of rotatable bonds is 7. The van der Waals surface area contributed by atoms with Crippen LogP contribution in [0.15, 0.2) is 65.6 Å². The van der Waals surface area contributed by atoms with Crippen LogP contribution >= 0.6 is 0 Å². The summed E-state index contributed by atoms with van der Waals surface area (Å²) in [4.78, 5) is 13.8. The maximum Gasteiger partial charge on any atom is 0.416 e. The van der Waals surface area contributed by atoms with E-state index in [1.165, 1.54) is 18.2 Å². The maximum absolute atomic E-state index is 14.6. The summed E-state index contributed by atoms with van der Waals surface area (Å²) in [6.07, 6.45) is 1.43. The summed E-state index contributed by atoms with van der Waals surface area (Å²) in [5, 5.41) is 0. The lowest BCUT2D eigenvalue weighted by atomic mass is 9.70. The van der Waals surface area contributed by atoms with E-state index in [2.05, 4.69) is 0 Å². The van der Waals surface area contributed by atoms with E-state index < -0.39 is 62.0 Å². The molecule has 0 N–H and O–H groups in total. The molecule has 0 amide bonds. The highest BCUT2D eigenvalue weighted by atomic mass is 32.2. The summed E-state index contributed by atoms with van der Waals surface area (Å²) in [5.74, 6) is -2.25. The van der Waals surface area contributed by atoms with Gasteiger partial charge in [-0.1, -0.05) is 31.4 Å². The van der Waals surface area contributed by atoms with Crippen LogP contribution in [0.1, 0.15) is 73.6 Å². The Kier molecular flexibility index (Phi) is 8.09. The molecular weight excluding hydrogens is 599 g/mol. The number of carbonyl (C=O) groups is 1. The third-order valence-corrected chi connectivity index (χ3v) is 12.5. The summed E-state index contributed by atoms with van der Waals surface area (Å²) >= 11 is 0. The number of ketones is 1. The van der Waals surface area contributed by atoms with Crippen molar-refractivity contribution in [1.82, 2.24) is 0 Å². The largest absolute Gasteiger partial charge is 0.489 e. The van der Waals surface area contributed by atoms with Crippen molar-refractivity contribution < 1.29 is 39.9 Å². The minimum Gasteiger partial charge on any atom is -0.489 e. The number of aryl methyl sites for hydroxylation is 1. The number of hydrogen-bond donors (Lipinski definition) is 0. The van der Waals surface area contributed by atoms with Gasteiger partial charge in [-0.15, -0.1) is 0 Å². The molecule has 3 atom stereocenters. The summed E-state index contributed by atoms with van der Waals surface area (Å²) in [6.45, 7) is -0.667. The molecule has 0 bridgehead atoms. The zero-order chi connectivity index (χ0) is 31.3. The van der Waals surface area contributed by atoms with Crippen LogP contribution in [0.4, 0.5) is 22.0 Å². The number of sulfone groups is 1. The molecule has 10 heteroatoms. The molecule has 3 aromatic rings.